The predicted octanol–water partition coefficient (Wildman–Crippen LogP) is -2.36. The number of Topliss-reactive ketones (excluding diaryl/α,β-unsaturated/α-hetero) is 1. The van der Waals surface area contributed by atoms with Crippen molar-refractivity contribution in [3.8, 4) is 0 Å². The zero-order valence-electron chi connectivity index (χ0n) is 52.2. The predicted molar refractivity (Wildman–Crippen MR) is 325 cm³/mol. The minimum atomic E-state index is -0.635. The summed E-state index contributed by atoms with van der Waals surface area (Å²) in [5.74, 6) is -3.64. The summed E-state index contributed by atoms with van der Waals surface area (Å²) in [6.45, 7) is 9.31. The Morgan fingerprint density at radius 2 is 0.713 bits per heavy atom. The van der Waals surface area contributed by atoms with Gasteiger partial charge in [-0.15, -0.1) is 0 Å². The van der Waals surface area contributed by atoms with Crippen molar-refractivity contribution in [3.05, 3.63) is 0 Å². The van der Waals surface area contributed by atoms with Crippen LogP contribution < -0.4 is 59.3 Å². The van der Waals surface area contributed by atoms with Crippen LogP contribution in [-0.2, 0) is 90.6 Å². The van der Waals surface area contributed by atoms with Gasteiger partial charge in [-0.3, -0.25) is 52.7 Å². The summed E-state index contributed by atoms with van der Waals surface area (Å²) in [5.41, 5.74) is 10.7. The van der Waals surface area contributed by atoms with Gasteiger partial charge in [0.05, 0.1) is 97.1 Å². The van der Waals surface area contributed by atoms with Crippen molar-refractivity contribution < 1.29 is 90.6 Å². The topological polar surface area (TPSA) is 422 Å². The van der Waals surface area contributed by atoms with E-state index in [1.54, 1.807) is 14.1 Å². The van der Waals surface area contributed by atoms with Gasteiger partial charge < -0.3 is 97.2 Å². The molecule has 0 fully saturated rings. The minimum absolute atomic E-state index is 0.0549. The maximum atomic E-state index is 13.2. The third kappa shape index (κ3) is 56.8. The van der Waals surface area contributed by atoms with Crippen LogP contribution in [0.5, 0.6) is 0 Å². The highest BCUT2D eigenvalue weighted by molar-refractivity contribution is 8.14. The van der Waals surface area contributed by atoms with Crippen LogP contribution in [0.15, 0.2) is 0 Å². The van der Waals surface area contributed by atoms with Crippen molar-refractivity contribution >= 4 is 75.8 Å². The number of carbonyl (C=O) groups is 11. The van der Waals surface area contributed by atoms with Crippen LogP contribution in [0.1, 0.15) is 104 Å². The van der Waals surface area contributed by atoms with E-state index in [1.165, 1.54) is 6.92 Å². The van der Waals surface area contributed by atoms with E-state index in [9.17, 15) is 52.7 Å². The highest BCUT2D eigenvalue weighted by Gasteiger charge is 2.22. The molecule has 0 aromatic rings. The van der Waals surface area contributed by atoms with Crippen LogP contribution in [0.4, 0.5) is 0 Å². The van der Waals surface area contributed by atoms with Gasteiger partial charge in [0, 0.05) is 77.9 Å². The summed E-state index contributed by atoms with van der Waals surface area (Å²) in [5, 5.41) is 24.7. The number of amides is 9. The Bertz CT molecular complexity index is 1900. The number of thioether (sulfide) groups is 1. The number of rotatable bonds is 60. The number of primary amides is 2. The van der Waals surface area contributed by atoms with Gasteiger partial charge >= 0.3 is 0 Å². The number of ketones is 1. The van der Waals surface area contributed by atoms with E-state index in [-0.39, 0.29) is 215 Å². The third-order valence-electron chi connectivity index (χ3n) is 11.9. The molecule has 13 N–H and O–H groups in total. The number of hydrogen-bond donors (Lipinski definition) is 11. The maximum Gasteiger partial charge on any atom is 0.246 e. The maximum absolute atomic E-state index is 13.2. The molecule has 0 rings (SSSR count). The number of nitrogens with two attached hydrogens (primary N) is 2. The number of ether oxygens (including phenoxy) is 8. The highest BCUT2D eigenvalue weighted by atomic mass is 32.2. The molecule has 87 heavy (non-hydrogen) atoms. The Hall–Kier alpha value is -5.48. The van der Waals surface area contributed by atoms with Gasteiger partial charge in [0.25, 0.3) is 0 Å². The lowest BCUT2D eigenvalue weighted by atomic mass is 9.95. The van der Waals surface area contributed by atoms with E-state index in [1.807, 2.05) is 13.8 Å². The zero-order chi connectivity index (χ0) is 65.0. The largest absolute Gasteiger partial charge is 0.377 e. The monoisotopic (exact) mass is 1270 g/mol. The number of nitrogens with one attached hydrogen (secondary N) is 9. The Balaban J connectivity index is 0. The van der Waals surface area contributed by atoms with Gasteiger partial charge in [0.2, 0.25) is 53.2 Å². The van der Waals surface area contributed by atoms with Crippen LogP contribution in [0.2, 0.25) is 0 Å². The molecule has 0 aromatic heterocycles. The summed E-state index contributed by atoms with van der Waals surface area (Å²) in [4.78, 5) is 132. The molecule has 504 valence electrons. The van der Waals surface area contributed by atoms with Gasteiger partial charge in [-0.05, 0) is 71.9 Å². The Morgan fingerprint density at radius 3 is 1.10 bits per heavy atom. The zero-order valence-corrected chi connectivity index (χ0v) is 53.0. The van der Waals surface area contributed by atoms with Gasteiger partial charge in [0.15, 0.2) is 10.9 Å². The van der Waals surface area contributed by atoms with Crippen LogP contribution in [0, 0.1) is 5.92 Å². The number of carbonyl (C=O) groups excluding carboxylic acids is 11. The van der Waals surface area contributed by atoms with Crippen molar-refractivity contribution in [1.29, 1.82) is 0 Å². The lowest BCUT2D eigenvalue weighted by Crippen LogP contribution is -2.39. The van der Waals surface area contributed by atoms with Gasteiger partial charge in [-0.2, -0.15) is 0 Å². The molecule has 0 radical (unpaired) electrons. The summed E-state index contributed by atoms with van der Waals surface area (Å²) < 4.78 is 43.0. The van der Waals surface area contributed by atoms with Crippen LogP contribution in [0.25, 0.3) is 0 Å². The Kier molecular flexibility index (Phi) is 58.4. The van der Waals surface area contributed by atoms with Crippen LogP contribution in [0.3, 0.4) is 0 Å². The second-order valence-electron chi connectivity index (χ2n) is 19.1. The lowest BCUT2D eigenvalue weighted by Gasteiger charge is -2.17. The number of likely N-dealkylation sites (N-methyl/N-ethyl adjacent to an activating group) is 2. The smallest absolute Gasteiger partial charge is 0.246 e. The molecule has 30 nitrogen and oxygen atoms in total. The number of unbranched alkanes of at least 4 members (excludes halogenated alkanes) is 3. The standard InChI is InChI=1S/C54H99N11O19S.C2H6/c1-41(66)85-40-51(73)64-22-26-80-30-34-84-39-49(71)62-20-24-78-27-31-81-36-43(67)35-42(54(76)65-18-9-6-13-45(58-3)53(56)75)11-4-7-16-59-46(68)14-10-15-47(69)61-19-23-77-28-33-83-38-50(72)63-21-25-79-29-32-82-37-48(70)60-17-8-5-12-44(57-2)52(55)74;1-2/h42,44-45,57-58H,4-40H2,1-3H3,(H2,55,74)(H2,56,75)(H,59,68)(H,60,70)(H,61,69)(H,62,71)(H,63,72)(H,64,73)(H,65,76);1-2H3/t42-,44+,45+;/m1./s1. The molecule has 0 spiro atoms. The Labute approximate surface area is 517 Å². The molecule has 0 saturated carbocycles. The average molecular weight is 1270 g/mol. The molecule has 0 aromatic carbocycles. The van der Waals surface area contributed by atoms with E-state index < -0.39 is 23.8 Å². The molecule has 9 amide bonds. The van der Waals surface area contributed by atoms with E-state index >= 15 is 0 Å². The molecule has 0 heterocycles. The molecule has 0 aliphatic heterocycles. The van der Waals surface area contributed by atoms with Crippen LogP contribution in [-0.4, -0.2) is 248 Å². The average Bonchev–Trinajstić information content (AvgIpc) is 3.52. The van der Waals surface area contributed by atoms with Crippen LogP contribution >= 0.6 is 11.8 Å². The molecule has 0 aliphatic carbocycles. The third-order valence-corrected chi connectivity index (χ3v) is 12.7. The van der Waals surface area contributed by atoms with Gasteiger partial charge in [0.1, 0.15) is 26.4 Å². The highest BCUT2D eigenvalue weighted by Crippen LogP contribution is 2.15. The molecule has 0 aliphatic rings. The first kappa shape index (κ1) is 83.6. The van der Waals surface area contributed by atoms with Gasteiger partial charge in [-0.1, -0.05) is 32.0 Å². The number of hydrogen-bond acceptors (Lipinski definition) is 22. The molecule has 0 bridgehead atoms. The quantitative estimate of drug-likeness (QED) is 0.0284. The fraction of sp³-hybridized carbons (Fsp3) is 0.804. The fourth-order valence-electron chi connectivity index (χ4n) is 7.36. The Morgan fingerprint density at radius 1 is 0.379 bits per heavy atom. The van der Waals surface area contributed by atoms with E-state index in [0.717, 1.165) is 18.2 Å². The molecule has 3 atom stereocenters. The van der Waals surface area contributed by atoms with Gasteiger partial charge in [-0.25, -0.2) is 0 Å². The van der Waals surface area contributed by atoms with Crippen molar-refractivity contribution in [2.75, 3.05) is 171 Å². The second-order valence-corrected chi connectivity index (χ2v) is 20.3. The summed E-state index contributed by atoms with van der Waals surface area (Å²) in [6.07, 6.45) is 5.82. The van der Waals surface area contributed by atoms with E-state index in [0.29, 0.717) is 77.4 Å². The minimum Gasteiger partial charge on any atom is -0.377 e. The normalized spacial score (nSPS) is 11.9. The SMILES string of the molecule is CC.CN[C@@H](CCCCNC(=O)COCCOCCNC(=O)COCCOCCNC(=O)CCCC(=O)NCCCC[C@H](CC(=O)COCCOCCNC(=O)COCCOCCNC(=O)CSC(C)=O)C(=O)NCCCC[C@H](NC)C(N)=O)C(N)=O. The van der Waals surface area contributed by atoms with E-state index in [4.69, 9.17) is 49.4 Å². The van der Waals surface area contributed by atoms with Crippen molar-refractivity contribution in [2.45, 2.75) is 116 Å². The molecule has 0 saturated heterocycles. The molecule has 31 heteroatoms. The first-order chi connectivity index (χ1) is 42.0. The molecular weight excluding hydrogens is 1160 g/mol. The first-order valence-corrected chi connectivity index (χ1v) is 31.0. The summed E-state index contributed by atoms with van der Waals surface area (Å²) in [7, 11) is 3.32. The second kappa shape index (κ2) is 60.8. The van der Waals surface area contributed by atoms with Crippen molar-refractivity contribution in [1.82, 2.24) is 47.9 Å². The van der Waals surface area contributed by atoms with Crippen molar-refractivity contribution in [2.24, 2.45) is 17.4 Å². The summed E-state index contributed by atoms with van der Waals surface area (Å²) in [6, 6.07) is -0.854. The summed E-state index contributed by atoms with van der Waals surface area (Å²) >= 11 is 0.925. The lowest BCUT2D eigenvalue weighted by molar-refractivity contribution is -0.131. The van der Waals surface area contributed by atoms with E-state index in [2.05, 4.69) is 47.9 Å². The molecule has 0 unspecified atom stereocenters. The molecular formula is C56H105N11O19S. The first-order valence-electron chi connectivity index (χ1n) is 30.1. The fourth-order valence-corrected chi connectivity index (χ4v) is 7.80. The van der Waals surface area contributed by atoms with Crippen molar-refractivity contribution in [3.63, 3.8) is 0 Å².